The highest BCUT2D eigenvalue weighted by Gasteiger charge is 2.21. The van der Waals surface area contributed by atoms with Crippen LogP contribution in [0.3, 0.4) is 0 Å². The maximum Gasteiger partial charge on any atom is 0.253 e. The van der Waals surface area contributed by atoms with E-state index >= 15 is 0 Å². The van der Waals surface area contributed by atoms with Crippen molar-refractivity contribution in [3.05, 3.63) is 19.3 Å². The molecule has 1 heterocycles. The Hall–Kier alpha value is -0.0900. The van der Waals surface area contributed by atoms with Gasteiger partial charge in [0.25, 0.3) is 5.91 Å². The summed E-state index contributed by atoms with van der Waals surface area (Å²) in [6, 6.07) is 3.61. The normalized spacial score (nSPS) is 16.6. The summed E-state index contributed by atoms with van der Waals surface area (Å²) in [4.78, 5) is 13.3. The van der Waals surface area contributed by atoms with Crippen molar-refractivity contribution < 1.29 is 14.6 Å². The Morgan fingerprint density at radius 2 is 1.94 bits per heavy atom. The zero-order valence-corrected chi connectivity index (χ0v) is 12.6. The van der Waals surface area contributed by atoms with Gasteiger partial charge in [-0.2, -0.15) is 0 Å². The Bertz CT molecular complexity index is 413. The molecule has 1 aromatic rings. The van der Waals surface area contributed by atoms with Crippen molar-refractivity contribution in [2.24, 2.45) is 0 Å². The minimum atomic E-state index is -0.0384. The number of anilines is 1. The van der Waals surface area contributed by atoms with Crippen molar-refractivity contribution in [2.75, 3.05) is 24.7 Å². The summed E-state index contributed by atoms with van der Waals surface area (Å²) in [5, 5.41) is 9.65. The molecule has 0 unspecified atom stereocenters. The Morgan fingerprint density at radius 1 is 1.31 bits per heavy atom. The fraction of sp³-hybridized carbons (Fsp3) is 0.300. The predicted octanol–water partition coefficient (Wildman–Crippen LogP) is 1.96. The Morgan fingerprint density at radius 3 is 2.50 bits per heavy atom. The second-order valence-electron chi connectivity index (χ2n) is 3.36. The molecule has 0 spiro atoms. The van der Waals surface area contributed by atoms with Gasteiger partial charge in [0.2, 0.25) is 0 Å². The lowest BCUT2D eigenvalue weighted by Gasteiger charge is -2.27. The molecule has 1 N–H and O–H groups in total. The van der Waals surface area contributed by atoms with Crippen LogP contribution in [0.15, 0.2) is 12.1 Å². The van der Waals surface area contributed by atoms with Gasteiger partial charge in [0.1, 0.15) is 12.4 Å². The van der Waals surface area contributed by atoms with Crippen LogP contribution in [-0.2, 0) is 9.53 Å². The summed E-state index contributed by atoms with van der Waals surface area (Å²) in [7, 11) is 0. The van der Waals surface area contributed by atoms with Crippen LogP contribution in [0.1, 0.15) is 0 Å². The number of morpholine rings is 1. The van der Waals surface area contributed by atoms with Gasteiger partial charge in [-0.3, -0.25) is 4.79 Å². The fourth-order valence-electron chi connectivity index (χ4n) is 1.50. The number of hydrogen-bond donors (Lipinski definition) is 1. The first-order valence-electron chi connectivity index (χ1n) is 4.65. The lowest BCUT2D eigenvalue weighted by atomic mass is 10.2. The van der Waals surface area contributed by atoms with Crippen LogP contribution in [0.25, 0.3) is 0 Å². The average Bonchev–Trinajstić information content (AvgIpc) is 2.26. The number of nitrogens with zero attached hydrogens (tertiary/aromatic N) is 1. The largest absolute Gasteiger partial charge is 0.506 e. The van der Waals surface area contributed by atoms with Gasteiger partial charge in [-0.1, -0.05) is 0 Å². The molecule has 6 heteroatoms. The maximum absolute atomic E-state index is 11.6. The SMILES string of the molecule is O=C1COCCN1c1cc(I)c(O)c(I)c1. The topological polar surface area (TPSA) is 49.8 Å². The lowest BCUT2D eigenvalue weighted by molar-refractivity contribution is -0.125. The number of benzene rings is 1. The van der Waals surface area contributed by atoms with Gasteiger partial charge >= 0.3 is 0 Å². The van der Waals surface area contributed by atoms with Gasteiger partial charge in [0.05, 0.1) is 13.7 Å². The average molecular weight is 445 g/mol. The van der Waals surface area contributed by atoms with Crippen molar-refractivity contribution in [2.45, 2.75) is 0 Å². The molecule has 0 atom stereocenters. The summed E-state index contributed by atoms with van der Waals surface area (Å²) < 4.78 is 6.57. The number of halogens is 2. The van der Waals surface area contributed by atoms with Gasteiger partial charge in [-0.05, 0) is 57.3 Å². The van der Waals surface area contributed by atoms with Crippen LogP contribution in [0.2, 0.25) is 0 Å². The zero-order chi connectivity index (χ0) is 11.7. The molecule has 4 nitrogen and oxygen atoms in total. The van der Waals surface area contributed by atoms with Crippen molar-refractivity contribution >= 4 is 56.8 Å². The van der Waals surface area contributed by atoms with E-state index in [4.69, 9.17) is 4.74 Å². The van der Waals surface area contributed by atoms with E-state index in [1.807, 2.05) is 0 Å². The van der Waals surface area contributed by atoms with Crippen LogP contribution in [-0.4, -0.2) is 30.8 Å². The second kappa shape index (κ2) is 5.05. The van der Waals surface area contributed by atoms with E-state index in [1.54, 1.807) is 17.0 Å². The number of ether oxygens (including phenoxy) is 1. The molecule has 0 bridgehead atoms. The highest BCUT2D eigenvalue weighted by molar-refractivity contribution is 14.1. The molecule has 86 valence electrons. The highest BCUT2D eigenvalue weighted by Crippen LogP contribution is 2.31. The molecular formula is C10H9I2NO3. The van der Waals surface area contributed by atoms with Crippen molar-refractivity contribution in [1.29, 1.82) is 0 Å². The molecule has 0 aromatic heterocycles. The smallest absolute Gasteiger partial charge is 0.253 e. The van der Waals surface area contributed by atoms with Crippen LogP contribution in [0.5, 0.6) is 5.75 Å². The number of rotatable bonds is 1. The van der Waals surface area contributed by atoms with E-state index in [1.165, 1.54) is 0 Å². The Balaban J connectivity index is 2.36. The quantitative estimate of drug-likeness (QED) is 0.674. The Labute approximate surface area is 120 Å². The molecule has 16 heavy (non-hydrogen) atoms. The number of amides is 1. The first-order chi connectivity index (χ1) is 7.59. The van der Waals surface area contributed by atoms with Gasteiger partial charge in [-0.25, -0.2) is 0 Å². The molecule has 1 saturated heterocycles. The number of carbonyl (C=O) groups excluding carboxylic acids is 1. The maximum atomic E-state index is 11.6. The third kappa shape index (κ3) is 2.43. The number of phenolic OH excluding ortho intramolecular Hbond substituents is 1. The molecule has 2 rings (SSSR count). The van der Waals surface area contributed by atoms with Crippen molar-refractivity contribution in [3.63, 3.8) is 0 Å². The third-order valence-corrected chi connectivity index (χ3v) is 3.94. The Kier molecular flexibility index (Phi) is 3.90. The first kappa shape index (κ1) is 12.4. The molecule has 1 amide bonds. The number of phenols is 1. The summed E-state index contributed by atoms with van der Waals surface area (Å²) in [6.45, 7) is 1.25. The summed E-state index contributed by atoms with van der Waals surface area (Å²) in [6.07, 6.45) is 0. The van der Waals surface area contributed by atoms with Crippen LogP contribution >= 0.6 is 45.2 Å². The summed E-state index contributed by atoms with van der Waals surface area (Å²) in [5.74, 6) is 0.231. The molecular weight excluding hydrogens is 436 g/mol. The van der Waals surface area contributed by atoms with E-state index in [2.05, 4.69) is 45.2 Å². The second-order valence-corrected chi connectivity index (χ2v) is 5.68. The third-order valence-electron chi connectivity index (χ3n) is 2.30. The van der Waals surface area contributed by atoms with E-state index in [-0.39, 0.29) is 18.3 Å². The fourth-order valence-corrected chi connectivity index (χ4v) is 3.23. The number of carbonyl (C=O) groups is 1. The van der Waals surface area contributed by atoms with Crippen molar-refractivity contribution in [1.82, 2.24) is 0 Å². The van der Waals surface area contributed by atoms with E-state index < -0.39 is 0 Å². The number of aromatic hydroxyl groups is 1. The predicted molar refractivity (Wildman–Crippen MR) is 76.7 cm³/mol. The highest BCUT2D eigenvalue weighted by atomic mass is 127. The van der Waals surface area contributed by atoms with Gasteiger partial charge in [-0.15, -0.1) is 0 Å². The molecule has 0 radical (unpaired) electrons. The van der Waals surface area contributed by atoms with Gasteiger partial charge < -0.3 is 14.7 Å². The molecule has 1 aliphatic rings. The van der Waals surface area contributed by atoms with Crippen LogP contribution in [0.4, 0.5) is 5.69 Å². The van der Waals surface area contributed by atoms with Crippen LogP contribution in [0, 0.1) is 7.14 Å². The van der Waals surface area contributed by atoms with E-state index in [0.29, 0.717) is 13.2 Å². The molecule has 1 aromatic carbocycles. The van der Waals surface area contributed by atoms with E-state index in [9.17, 15) is 9.90 Å². The van der Waals surface area contributed by atoms with Crippen LogP contribution < -0.4 is 4.90 Å². The first-order valence-corrected chi connectivity index (χ1v) is 6.81. The van der Waals surface area contributed by atoms with Crippen molar-refractivity contribution in [3.8, 4) is 5.75 Å². The minimum absolute atomic E-state index is 0.0384. The monoisotopic (exact) mass is 445 g/mol. The van der Waals surface area contributed by atoms with Gasteiger partial charge in [0, 0.05) is 12.2 Å². The summed E-state index contributed by atoms with van der Waals surface area (Å²) >= 11 is 4.11. The summed E-state index contributed by atoms with van der Waals surface area (Å²) in [5.41, 5.74) is 0.819. The molecule has 1 aliphatic heterocycles. The molecule has 0 saturated carbocycles. The lowest BCUT2D eigenvalue weighted by Crippen LogP contribution is -2.41. The minimum Gasteiger partial charge on any atom is -0.506 e. The standard InChI is InChI=1S/C10H9I2NO3/c11-7-3-6(4-8(12)10(7)15)13-1-2-16-5-9(13)14/h3-4,15H,1-2,5H2. The number of hydrogen-bond acceptors (Lipinski definition) is 3. The molecule has 0 aliphatic carbocycles. The zero-order valence-electron chi connectivity index (χ0n) is 8.24. The molecule has 1 fully saturated rings. The van der Waals surface area contributed by atoms with Gasteiger partial charge in [0.15, 0.2) is 0 Å². The van der Waals surface area contributed by atoms with E-state index in [0.717, 1.165) is 12.8 Å².